The van der Waals surface area contributed by atoms with Crippen molar-refractivity contribution in [1.82, 2.24) is 9.97 Å². The van der Waals surface area contributed by atoms with Gasteiger partial charge in [0.25, 0.3) is 0 Å². The Morgan fingerprint density at radius 2 is 2.06 bits per heavy atom. The van der Waals surface area contributed by atoms with E-state index in [1.54, 1.807) is 11.3 Å². The van der Waals surface area contributed by atoms with Gasteiger partial charge in [0.05, 0.1) is 23.3 Å². The van der Waals surface area contributed by atoms with E-state index in [1.165, 1.54) is 4.88 Å². The third-order valence-electron chi connectivity index (χ3n) is 2.93. The van der Waals surface area contributed by atoms with Gasteiger partial charge < -0.3 is 5.32 Å². The Kier molecular flexibility index (Phi) is 2.94. The third kappa shape index (κ3) is 2.07. The predicted octanol–water partition coefficient (Wildman–Crippen LogP) is 3.61. The first-order valence-corrected chi connectivity index (χ1v) is 6.69. The molecule has 0 fully saturated rings. The van der Waals surface area contributed by atoms with Crippen LogP contribution in [-0.4, -0.2) is 9.97 Å². The number of fused-ring (bicyclic) bond motifs is 1. The van der Waals surface area contributed by atoms with E-state index in [2.05, 4.69) is 21.4 Å². The van der Waals surface area contributed by atoms with Gasteiger partial charge in [-0.3, -0.25) is 4.98 Å². The Labute approximate surface area is 110 Å². The van der Waals surface area contributed by atoms with Crippen molar-refractivity contribution in [2.24, 2.45) is 0 Å². The highest BCUT2D eigenvalue weighted by Gasteiger charge is 2.03. The van der Waals surface area contributed by atoms with Crippen LogP contribution in [0.2, 0.25) is 0 Å². The van der Waals surface area contributed by atoms with Gasteiger partial charge in [0, 0.05) is 22.1 Å². The number of aromatic nitrogens is 2. The predicted molar refractivity (Wildman–Crippen MR) is 75.9 cm³/mol. The van der Waals surface area contributed by atoms with E-state index in [-0.39, 0.29) is 0 Å². The number of thiazole rings is 1. The molecule has 1 aromatic carbocycles. The summed E-state index contributed by atoms with van der Waals surface area (Å²) < 4.78 is 0. The van der Waals surface area contributed by atoms with Crippen molar-refractivity contribution in [2.75, 3.05) is 5.32 Å². The number of rotatable bonds is 3. The maximum absolute atomic E-state index is 4.35. The average Bonchev–Trinajstić information content (AvgIpc) is 2.82. The molecule has 1 N–H and O–H groups in total. The van der Waals surface area contributed by atoms with Crippen LogP contribution in [0.1, 0.15) is 10.6 Å². The molecule has 0 saturated carbocycles. The maximum atomic E-state index is 4.35. The number of hydrogen-bond donors (Lipinski definition) is 1. The van der Waals surface area contributed by atoms with Crippen molar-refractivity contribution in [3.63, 3.8) is 0 Å². The number of nitrogens with one attached hydrogen (secondary N) is 1. The minimum Gasteiger partial charge on any atom is -0.379 e. The summed E-state index contributed by atoms with van der Waals surface area (Å²) in [4.78, 5) is 9.89. The highest BCUT2D eigenvalue weighted by molar-refractivity contribution is 7.09. The Morgan fingerprint density at radius 1 is 1.17 bits per heavy atom. The van der Waals surface area contributed by atoms with Crippen molar-refractivity contribution in [1.29, 1.82) is 0 Å². The number of nitrogens with zero attached hydrogens (tertiary/aromatic N) is 2. The van der Waals surface area contributed by atoms with Gasteiger partial charge in [-0.1, -0.05) is 18.2 Å². The molecule has 3 nitrogen and oxygen atoms in total. The summed E-state index contributed by atoms with van der Waals surface area (Å²) in [7, 11) is 0. The summed E-state index contributed by atoms with van der Waals surface area (Å²) in [6.45, 7) is 2.85. The van der Waals surface area contributed by atoms with Crippen LogP contribution in [0.3, 0.4) is 0 Å². The lowest BCUT2D eigenvalue weighted by Crippen LogP contribution is -2.00. The van der Waals surface area contributed by atoms with Crippen molar-refractivity contribution in [3.05, 3.63) is 52.6 Å². The van der Waals surface area contributed by atoms with E-state index in [0.717, 1.165) is 28.8 Å². The average molecular weight is 255 g/mol. The van der Waals surface area contributed by atoms with Crippen molar-refractivity contribution in [3.8, 4) is 0 Å². The summed E-state index contributed by atoms with van der Waals surface area (Å²) >= 11 is 1.68. The molecule has 0 aliphatic carbocycles. The maximum Gasteiger partial charge on any atom is 0.0798 e. The molecule has 90 valence electrons. The fourth-order valence-electron chi connectivity index (χ4n) is 1.92. The van der Waals surface area contributed by atoms with Gasteiger partial charge >= 0.3 is 0 Å². The summed E-state index contributed by atoms with van der Waals surface area (Å²) in [6.07, 6.45) is 1.84. The molecule has 0 amide bonds. The molecule has 0 radical (unpaired) electrons. The minimum atomic E-state index is 0.810. The van der Waals surface area contributed by atoms with E-state index in [9.17, 15) is 0 Å². The normalized spacial score (nSPS) is 10.7. The number of para-hydroxylation sites is 1. The highest BCUT2D eigenvalue weighted by Crippen LogP contribution is 2.22. The lowest BCUT2D eigenvalue weighted by atomic mass is 10.2. The molecule has 18 heavy (non-hydrogen) atoms. The summed E-state index contributed by atoms with van der Waals surface area (Å²) in [5, 5.41) is 4.62. The zero-order valence-corrected chi connectivity index (χ0v) is 10.9. The monoisotopic (exact) mass is 255 g/mol. The van der Waals surface area contributed by atoms with E-state index >= 15 is 0 Å². The van der Waals surface area contributed by atoms with Crippen molar-refractivity contribution >= 4 is 27.9 Å². The molecule has 0 saturated heterocycles. The molecule has 0 aliphatic heterocycles. The van der Waals surface area contributed by atoms with E-state index < -0.39 is 0 Å². The van der Waals surface area contributed by atoms with Gasteiger partial charge in [-0.2, -0.15) is 0 Å². The van der Waals surface area contributed by atoms with Crippen LogP contribution in [0.5, 0.6) is 0 Å². The zero-order chi connectivity index (χ0) is 12.4. The third-order valence-corrected chi connectivity index (χ3v) is 3.87. The first-order chi connectivity index (χ1) is 8.84. The Hall–Kier alpha value is -1.94. The first-order valence-electron chi connectivity index (χ1n) is 5.81. The molecule has 3 aromatic rings. The smallest absolute Gasteiger partial charge is 0.0798 e. The first kappa shape index (κ1) is 11.2. The topological polar surface area (TPSA) is 37.8 Å². The molecule has 0 bridgehead atoms. The van der Waals surface area contributed by atoms with E-state index in [4.69, 9.17) is 0 Å². The van der Waals surface area contributed by atoms with Gasteiger partial charge in [-0.05, 0) is 19.1 Å². The van der Waals surface area contributed by atoms with E-state index in [1.807, 2.05) is 42.9 Å². The molecule has 0 unspecified atom stereocenters. The molecule has 2 aromatic heterocycles. The van der Waals surface area contributed by atoms with Crippen LogP contribution in [0.4, 0.5) is 5.69 Å². The molecule has 0 atom stereocenters. The van der Waals surface area contributed by atoms with E-state index in [0.29, 0.717) is 0 Å². The van der Waals surface area contributed by atoms with Gasteiger partial charge in [-0.25, -0.2) is 4.98 Å². The Morgan fingerprint density at radius 3 is 2.89 bits per heavy atom. The minimum absolute atomic E-state index is 0.810. The fraction of sp³-hybridized carbons (Fsp3) is 0.143. The quantitative estimate of drug-likeness (QED) is 0.777. The molecule has 4 heteroatoms. The van der Waals surface area contributed by atoms with Crippen LogP contribution in [0.25, 0.3) is 10.9 Å². The zero-order valence-electron chi connectivity index (χ0n) is 10.1. The molecular weight excluding hydrogens is 242 g/mol. The van der Waals surface area contributed by atoms with Gasteiger partial charge in [0.15, 0.2) is 0 Å². The molecule has 0 spiro atoms. The molecule has 2 heterocycles. The lowest BCUT2D eigenvalue weighted by Gasteiger charge is -2.08. The number of hydrogen-bond acceptors (Lipinski definition) is 4. The van der Waals surface area contributed by atoms with Crippen LogP contribution >= 0.6 is 11.3 Å². The van der Waals surface area contributed by atoms with Crippen LogP contribution < -0.4 is 5.32 Å². The standard InChI is InChI=1S/C14H13N3S/c1-10-14(18-9-17-10)8-16-13-6-7-15-12-5-3-2-4-11(12)13/h2-7,9H,8H2,1H3,(H,15,16). The van der Waals surface area contributed by atoms with Crippen LogP contribution in [0, 0.1) is 6.92 Å². The van der Waals surface area contributed by atoms with Crippen LogP contribution in [-0.2, 0) is 6.54 Å². The largest absolute Gasteiger partial charge is 0.379 e. The fourth-order valence-corrected chi connectivity index (χ4v) is 2.64. The molecular formula is C14H13N3S. The lowest BCUT2D eigenvalue weighted by molar-refractivity contribution is 1.12. The van der Waals surface area contributed by atoms with Crippen molar-refractivity contribution in [2.45, 2.75) is 13.5 Å². The molecule has 3 rings (SSSR count). The number of pyridine rings is 1. The van der Waals surface area contributed by atoms with Gasteiger partial charge in [-0.15, -0.1) is 11.3 Å². The second kappa shape index (κ2) is 4.74. The summed E-state index contributed by atoms with van der Waals surface area (Å²) in [5.41, 5.74) is 5.12. The molecule has 0 aliphatic rings. The Bertz CT molecular complexity index is 670. The number of anilines is 1. The van der Waals surface area contributed by atoms with Crippen molar-refractivity contribution < 1.29 is 0 Å². The Balaban J connectivity index is 1.89. The highest BCUT2D eigenvalue weighted by atomic mass is 32.1. The number of aryl methyl sites for hydroxylation is 1. The van der Waals surface area contributed by atoms with Gasteiger partial charge in [0.1, 0.15) is 0 Å². The number of benzene rings is 1. The van der Waals surface area contributed by atoms with Gasteiger partial charge in [0.2, 0.25) is 0 Å². The summed E-state index contributed by atoms with van der Waals surface area (Å²) in [5.74, 6) is 0. The summed E-state index contributed by atoms with van der Waals surface area (Å²) in [6, 6.07) is 10.2. The second-order valence-corrected chi connectivity index (χ2v) is 5.03. The SMILES string of the molecule is Cc1ncsc1CNc1ccnc2ccccc12. The second-order valence-electron chi connectivity index (χ2n) is 4.09. The van der Waals surface area contributed by atoms with Crippen LogP contribution in [0.15, 0.2) is 42.0 Å².